The van der Waals surface area contributed by atoms with Crippen LogP contribution in [0.3, 0.4) is 0 Å². The first-order chi connectivity index (χ1) is 13.9. The number of anilines is 2. The largest absolute Gasteiger partial charge is 0.331 e. The summed E-state index contributed by atoms with van der Waals surface area (Å²) in [6.07, 6.45) is 0. The number of hydrogen-bond donors (Lipinski definition) is 4. The Balaban J connectivity index is 1.58. The van der Waals surface area contributed by atoms with Crippen molar-refractivity contribution in [1.29, 1.82) is 0 Å². The molecule has 2 atom stereocenters. The normalized spacial score (nSPS) is 12.7. The van der Waals surface area contributed by atoms with Crippen molar-refractivity contribution >= 4 is 46.1 Å². The van der Waals surface area contributed by atoms with Crippen LogP contribution in [0.5, 0.6) is 0 Å². The highest BCUT2D eigenvalue weighted by Crippen LogP contribution is 2.22. The summed E-state index contributed by atoms with van der Waals surface area (Å²) in [5, 5.41) is 15.5. The van der Waals surface area contributed by atoms with Gasteiger partial charge in [-0.3, -0.25) is 0 Å². The zero-order valence-electron chi connectivity index (χ0n) is 16.5. The van der Waals surface area contributed by atoms with Gasteiger partial charge >= 0.3 is 12.1 Å². The van der Waals surface area contributed by atoms with E-state index in [0.717, 1.165) is 15.3 Å². The van der Waals surface area contributed by atoms with E-state index in [-0.39, 0.29) is 24.1 Å². The lowest BCUT2D eigenvalue weighted by Crippen LogP contribution is -2.31. The quantitative estimate of drug-likeness (QED) is 0.395. The Morgan fingerprint density at radius 2 is 1.38 bits per heavy atom. The molecule has 0 unspecified atom stereocenters. The van der Waals surface area contributed by atoms with E-state index in [1.807, 2.05) is 67.9 Å². The number of urea groups is 2. The summed E-state index contributed by atoms with van der Waals surface area (Å²) in [5.41, 5.74) is 2.15. The first-order valence-corrected chi connectivity index (χ1v) is 11.0. The number of nitrogens with one attached hydrogen (secondary N) is 4. The monoisotopic (exact) mass is 428 g/mol. The fourth-order valence-corrected chi connectivity index (χ4v) is 4.24. The molecule has 0 bridgehead atoms. The average molecular weight is 429 g/mol. The molecule has 6 nitrogen and oxygen atoms in total. The van der Waals surface area contributed by atoms with Crippen LogP contribution in [-0.4, -0.2) is 12.1 Å². The van der Waals surface area contributed by atoms with Gasteiger partial charge in [0.05, 0.1) is 12.1 Å². The predicted octanol–water partition coefficient (Wildman–Crippen LogP) is 5.88. The summed E-state index contributed by atoms with van der Waals surface area (Å²) in [6, 6.07) is 12.6. The second-order valence-electron chi connectivity index (χ2n) is 6.70. The van der Waals surface area contributed by atoms with E-state index >= 15 is 0 Å². The van der Waals surface area contributed by atoms with E-state index in [0.29, 0.717) is 11.4 Å². The number of thiophene rings is 2. The Hall–Kier alpha value is -2.84. The van der Waals surface area contributed by atoms with Crippen molar-refractivity contribution in [3.63, 3.8) is 0 Å². The van der Waals surface area contributed by atoms with E-state index in [4.69, 9.17) is 0 Å². The van der Waals surface area contributed by atoms with Crippen molar-refractivity contribution in [3.8, 4) is 0 Å². The number of aryl methyl sites for hydroxylation is 1. The van der Waals surface area contributed by atoms with Gasteiger partial charge in [0.25, 0.3) is 0 Å². The smallest absolute Gasteiger partial charge is 0.319 e. The van der Waals surface area contributed by atoms with Gasteiger partial charge in [0.1, 0.15) is 0 Å². The zero-order chi connectivity index (χ0) is 20.8. The van der Waals surface area contributed by atoms with Crippen LogP contribution in [0.1, 0.15) is 41.2 Å². The first kappa shape index (κ1) is 20.9. The maximum Gasteiger partial charge on any atom is 0.319 e. The van der Waals surface area contributed by atoms with Crippen LogP contribution >= 0.6 is 22.7 Å². The molecule has 4 N–H and O–H groups in total. The molecule has 152 valence electrons. The lowest BCUT2D eigenvalue weighted by Gasteiger charge is -2.16. The third-order valence-corrected chi connectivity index (χ3v) is 6.49. The molecule has 2 aromatic heterocycles. The van der Waals surface area contributed by atoms with Gasteiger partial charge in [0, 0.05) is 21.1 Å². The average Bonchev–Trinajstić information content (AvgIpc) is 3.38. The molecule has 0 spiro atoms. The Kier molecular flexibility index (Phi) is 6.90. The number of hydrogen-bond acceptors (Lipinski definition) is 4. The minimum absolute atomic E-state index is 0.0810. The van der Waals surface area contributed by atoms with Crippen LogP contribution in [0.25, 0.3) is 0 Å². The van der Waals surface area contributed by atoms with E-state index < -0.39 is 0 Å². The van der Waals surface area contributed by atoms with Gasteiger partial charge in [-0.2, -0.15) is 0 Å². The fraction of sp³-hybridized carbons (Fsp3) is 0.238. The van der Waals surface area contributed by atoms with E-state index in [1.54, 1.807) is 28.7 Å². The van der Waals surface area contributed by atoms with Crippen molar-refractivity contribution in [1.82, 2.24) is 10.6 Å². The van der Waals surface area contributed by atoms with Crippen LogP contribution in [0.4, 0.5) is 21.0 Å². The number of rotatable bonds is 6. The van der Waals surface area contributed by atoms with Crippen molar-refractivity contribution in [2.24, 2.45) is 0 Å². The lowest BCUT2D eigenvalue weighted by atomic mass is 10.2. The molecule has 29 heavy (non-hydrogen) atoms. The zero-order valence-corrected chi connectivity index (χ0v) is 18.1. The maximum absolute atomic E-state index is 12.4. The number of amides is 4. The molecule has 0 aliphatic carbocycles. The van der Waals surface area contributed by atoms with Gasteiger partial charge in [-0.15, -0.1) is 22.7 Å². The molecule has 4 amide bonds. The van der Waals surface area contributed by atoms with E-state index in [9.17, 15) is 9.59 Å². The third kappa shape index (κ3) is 5.82. The summed E-state index contributed by atoms with van der Waals surface area (Å²) in [7, 11) is 0. The Morgan fingerprint density at radius 1 is 0.828 bits per heavy atom. The van der Waals surface area contributed by atoms with E-state index in [1.165, 1.54) is 0 Å². The van der Waals surface area contributed by atoms with Gasteiger partial charge < -0.3 is 21.3 Å². The number of benzene rings is 1. The topological polar surface area (TPSA) is 82.3 Å². The molecule has 2 heterocycles. The summed E-state index contributed by atoms with van der Waals surface area (Å²) in [5.74, 6) is 0. The third-order valence-electron chi connectivity index (χ3n) is 4.38. The van der Waals surface area contributed by atoms with Gasteiger partial charge in [0.15, 0.2) is 0 Å². The highest BCUT2D eigenvalue weighted by molar-refractivity contribution is 7.10. The van der Waals surface area contributed by atoms with Crippen LogP contribution in [0.15, 0.2) is 53.2 Å². The molecule has 3 aromatic rings. The van der Waals surface area contributed by atoms with Gasteiger partial charge in [0.2, 0.25) is 0 Å². The minimum atomic E-state index is -0.295. The molecule has 8 heteroatoms. The summed E-state index contributed by atoms with van der Waals surface area (Å²) in [4.78, 5) is 26.8. The fourth-order valence-electron chi connectivity index (χ4n) is 2.77. The van der Waals surface area contributed by atoms with Crippen molar-refractivity contribution in [2.45, 2.75) is 32.9 Å². The molecule has 0 saturated carbocycles. The second-order valence-corrected chi connectivity index (χ2v) is 8.66. The van der Waals surface area contributed by atoms with Crippen molar-refractivity contribution in [3.05, 3.63) is 68.5 Å². The van der Waals surface area contributed by atoms with Crippen LogP contribution in [0.2, 0.25) is 0 Å². The van der Waals surface area contributed by atoms with Crippen molar-refractivity contribution in [2.75, 3.05) is 10.6 Å². The molecule has 1 aromatic carbocycles. The Morgan fingerprint density at radius 3 is 1.90 bits per heavy atom. The first-order valence-electron chi connectivity index (χ1n) is 9.25. The molecule has 3 rings (SSSR count). The molecule has 0 aliphatic rings. The highest BCUT2D eigenvalue weighted by Gasteiger charge is 2.13. The lowest BCUT2D eigenvalue weighted by molar-refractivity contribution is 0.248. The van der Waals surface area contributed by atoms with Crippen LogP contribution in [0, 0.1) is 6.92 Å². The van der Waals surface area contributed by atoms with Crippen LogP contribution in [-0.2, 0) is 0 Å². The SMILES string of the molecule is Cc1ccc(NC(=O)N[C@@H](C)c2cccs2)cc1NC(=O)N[C@@H](C)c1cccs1. The number of carbonyl (C=O) groups excluding carboxylic acids is 2. The summed E-state index contributed by atoms with van der Waals surface area (Å²) < 4.78 is 0. The predicted molar refractivity (Wildman–Crippen MR) is 121 cm³/mol. The minimum Gasteiger partial charge on any atom is -0.331 e. The molecular weight excluding hydrogens is 404 g/mol. The number of carbonyl (C=O) groups is 2. The van der Waals surface area contributed by atoms with Crippen molar-refractivity contribution < 1.29 is 9.59 Å². The molecule has 0 saturated heterocycles. The van der Waals surface area contributed by atoms with Gasteiger partial charge in [-0.05, 0) is 61.4 Å². The summed E-state index contributed by atoms with van der Waals surface area (Å²) in [6.45, 7) is 5.78. The highest BCUT2D eigenvalue weighted by atomic mass is 32.1. The Labute approximate surface area is 178 Å². The maximum atomic E-state index is 12.4. The summed E-state index contributed by atoms with van der Waals surface area (Å²) >= 11 is 3.20. The van der Waals surface area contributed by atoms with Gasteiger partial charge in [-0.1, -0.05) is 18.2 Å². The Bertz CT molecular complexity index is 955. The standard InChI is InChI=1S/C21H24N4O2S2/c1-13-8-9-16(24-20(26)22-14(2)18-6-4-10-28-18)12-17(13)25-21(27)23-15(3)19-7-5-11-29-19/h4-12,14-15H,1-3H3,(H2,22,24,26)(H2,23,25,27)/t14-,15-/m0/s1. The van der Waals surface area contributed by atoms with E-state index in [2.05, 4.69) is 21.3 Å². The second kappa shape index (κ2) is 9.58. The van der Waals surface area contributed by atoms with Crippen LogP contribution < -0.4 is 21.3 Å². The molecule has 0 radical (unpaired) electrons. The molecular formula is C21H24N4O2S2. The van der Waals surface area contributed by atoms with Gasteiger partial charge in [-0.25, -0.2) is 9.59 Å². The molecule has 0 fully saturated rings. The molecule has 0 aliphatic heterocycles.